The van der Waals surface area contributed by atoms with Crippen LogP contribution < -0.4 is 5.73 Å². The summed E-state index contributed by atoms with van der Waals surface area (Å²) >= 11 is 0. The summed E-state index contributed by atoms with van der Waals surface area (Å²) in [6.07, 6.45) is 1.18. The molecule has 0 spiro atoms. The Balaban J connectivity index is 1.58. The molecule has 3 rings (SSSR count). The van der Waals surface area contributed by atoms with E-state index in [2.05, 4.69) is 15.5 Å². The van der Waals surface area contributed by atoms with E-state index in [4.69, 9.17) is 10.5 Å². The molecule has 3 aromatic rings. The maximum atomic E-state index is 12.4. The first-order valence-corrected chi connectivity index (χ1v) is 8.90. The molecule has 0 aliphatic rings. The lowest BCUT2D eigenvalue weighted by Crippen LogP contribution is -2.29. The minimum atomic E-state index is -0.623. The Labute approximate surface area is 158 Å². The number of aromatic nitrogens is 4. The van der Waals surface area contributed by atoms with Crippen LogP contribution in [0.1, 0.15) is 29.9 Å². The van der Waals surface area contributed by atoms with Gasteiger partial charge in [-0.2, -0.15) is 0 Å². The third-order valence-corrected chi connectivity index (χ3v) is 4.28. The number of hydrogen-bond acceptors (Lipinski definition) is 6. The summed E-state index contributed by atoms with van der Waals surface area (Å²) in [6, 6.07) is 18.8. The van der Waals surface area contributed by atoms with E-state index in [-0.39, 0.29) is 18.6 Å². The molecule has 2 atom stereocenters. The number of tetrazole rings is 1. The van der Waals surface area contributed by atoms with E-state index in [9.17, 15) is 4.79 Å². The van der Waals surface area contributed by atoms with Crippen LogP contribution in [0, 0.1) is 0 Å². The average Bonchev–Trinajstić information content (AvgIpc) is 3.15. The van der Waals surface area contributed by atoms with Gasteiger partial charge in [0.05, 0.1) is 0 Å². The molecule has 0 bridgehead atoms. The quantitative estimate of drug-likeness (QED) is 0.614. The highest BCUT2D eigenvalue weighted by atomic mass is 16.5. The second-order valence-electron chi connectivity index (χ2n) is 6.46. The van der Waals surface area contributed by atoms with Crippen molar-refractivity contribution < 1.29 is 9.53 Å². The summed E-state index contributed by atoms with van der Waals surface area (Å²) < 4.78 is 6.87. The first-order chi connectivity index (χ1) is 13.1. The van der Waals surface area contributed by atoms with Crippen LogP contribution in [0.2, 0.25) is 0 Å². The minimum Gasteiger partial charge on any atom is -0.459 e. The number of esters is 1. The molecule has 0 unspecified atom stereocenters. The second kappa shape index (κ2) is 9.05. The van der Waals surface area contributed by atoms with Crippen molar-refractivity contribution in [1.82, 2.24) is 20.2 Å². The van der Waals surface area contributed by atoms with Crippen LogP contribution in [0.15, 0.2) is 60.7 Å². The van der Waals surface area contributed by atoms with Gasteiger partial charge in [0.2, 0.25) is 0 Å². The molecule has 2 N–H and O–H groups in total. The van der Waals surface area contributed by atoms with Crippen molar-refractivity contribution in [2.24, 2.45) is 5.73 Å². The van der Waals surface area contributed by atoms with E-state index in [0.29, 0.717) is 18.7 Å². The highest BCUT2D eigenvalue weighted by Gasteiger charge is 2.22. The summed E-state index contributed by atoms with van der Waals surface area (Å²) in [7, 11) is 0. The summed E-state index contributed by atoms with van der Waals surface area (Å²) in [4.78, 5) is 12.4. The van der Waals surface area contributed by atoms with Gasteiger partial charge in [0.1, 0.15) is 6.61 Å². The van der Waals surface area contributed by atoms with Gasteiger partial charge >= 0.3 is 5.97 Å². The lowest BCUT2D eigenvalue weighted by Gasteiger charge is -2.15. The number of rotatable bonds is 8. The molecule has 0 radical (unpaired) electrons. The van der Waals surface area contributed by atoms with Crippen molar-refractivity contribution in [2.45, 2.75) is 38.5 Å². The van der Waals surface area contributed by atoms with Gasteiger partial charge in [0, 0.05) is 12.5 Å². The Bertz CT molecular complexity index is 851. The lowest BCUT2D eigenvalue weighted by atomic mass is 10.0. The fraction of sp³-hybridized carbons (Fsp3) is 0.300. The van der Waals surface area contributed by atoms with Crippen LogP contribution >= 0.6 is 0 Å². The molecule has 7 nitrogen and oxygen atoms in total. The molecular formula is C20H23N5O2. The lowest BCUT2D eigenvalue weighted by molar-refractivity contribution is -0.148. The Kier molecular flexibility index (Phi) is 6.27. The van der Waals surface area contributed by atoms with Gasteiger partial charge in [-0.05, 0) is 34.9 Å². The summed E-state index contributed by atoms with van der Waals surface area (Å²) in [5.74, 6) is 0.187. The Hall–Kier alpha value is -3.06. The second-order valence-corrected chi connectivity index (χ2v) is 6.46. The Morgan fingerprint density at radius 1 is 1.04 bits per heavy atom. The van der Waals surface area contributed by atoms with Crippen LogP contribution in [0.5, 0.6) is 0 Å². The molecule has 0 fully saturated rings. The van der Waals surface area contributed by atoms with Crippen molar-refractivity contribution in [1.29, 1.82) is 0 Å². The van der Waals surface area contributed by atoms with Crippen LogP contribution in [-0.4, -0.2) is 32.2 Å². The van der Waals surface area contributed by atoms with Gasteiger partial charge in [0.25, 0.3) is 0 Å². The number of carbonyl (C=O) groups is 1. The first-order valence-electron chi connectivity index (χ1n) is 8.90. The zero-order valence-corrected chi connectivity index (χ0v) is 15.2. The van der Waals surface area contributed by atoms with E-state index in [1.54, 1.807) is 6.92 Å². The number of nitrogens with two attached hydrogens (primary N) is 1. The highest BCUT2D eigenvalue weighted by Crippen LogP contribution is 2.13. The molecule has 2 aromatic carbocycles. The number of ether oxygens (including phenoxy) is 1. The highest BCUT2D eigenvalue weighted by molar-refractivity contribution is 5.73. The van der Waals surface area contributed by atoms with Gasteiger partial charge in [-0.15, -0.1) is 5.10 Å². The van der Waals surface area contributed by atoms with E-state index < -0.39 is 6.04 Å². The molecule has 0 amide bonds. The zero-order chi connectivity index (χ0) is 19.1. The van der Waals surface area contributed by atoms with Gasteiger partial charge in [0.15, 0.2) is 11.9 Å². The van der Waals surface area contributed by atoms with Crippen LogP contribution in [0.25, 0.3) is 0 Å². The summed E-state index contributed by atoms with van der Waals surface area (Å²) in [5.41, 5.74) is 8.33. The van der Waals surface area contributed by atoms with Gasteiger partial charge in [-0.1, -0.05) is 60.7 Å². The summed E-state index contributed by atoms with van der Waals surface area (Å²) in [5, 5.41) is 11.7. The van der Waals surface area contributed by atoms with Crippen molar-refractivity contribution in [3.63, 3.8) is 0 Å². The van der Waals surface area contributed by atoms with E-state index in [0.717, 1.165) is 11.1 Å². The number of carbonyl (C=O) groups excluding carboxylic acids is 1. The number of hydrogen-bond donors (Lipinski definition) is 1. The largest absolute Gasteiger partial charge is 0.459 e. The maximum absolute atomic E-state index is 12.4. The molecule has 0 aliphatic heterocycles. The third kappa shape index (κ3) is 5.21. The Morgan fingerprint density at radius 3 is 2.33 bits per heavy atom. The molecule has 0 saturated heterocycles. The molecule has 1 heterocycles. The molecule has 1 aromatic heterocycles. The Morgan fingerprint density at radius 2 is 1.67 bits per heavy atom. The number of benzene rings is 2. The normalized spacial score (nSPS) is 13.1. The first kappa shape index (κ1) is 18.7. The van der Waals surface area contributed by atoms with E-state index in [1.165, 1.54) is 4.68 Å². The predicted molar refractivity (Wildman–Crippen MR) is 101 cm³/mol. The van der Waals surface area contributed by atoms with Gasteiger partial charge in [-0.3, -0.25) is 0 Å². The van der Waals surface area contributed by atoms with Crippen molar-refractivity contribution in [2.75, 3.05) is 0 Å². The average molecular weight is 365 g/mol. The van der Waals surface area contributed by atoms with Crippen molar-refractivity contribution in [3.8, 4) is 0 Å². The molecule has 0 aliphatic carbocycles. The fourth-order valence-corrected chi connectivity index (χ4v) is 2.82. The minimum absolute atomic E-state index is 0.148. The number of nitrogens with zero attached hydrogens (tertiary/aromatic N) is 4. The van der Waals surface area contributed by atoms with Crippen LogP contribution in [0.3, 0.4) is 0 Å². The maximum Gasteiger partial charge on any atom is 0.331 e. The van der Waals surface area contributed by atoms with Gasteiger partial charge in [-0.25, -0.2) is 9.48 Å². The van der Waals surface area contributed by atoms with Crippen molar-refractivity contribution >= 4 is 5.97 Å². The smallest absolute Gasteiger partial charge is 0.331 e. The van der Waals surface area contributed by atoms with E-state index in [1.807, 2.05) is 60.7 Å². The fourth-order valence-electron chi connectivity index (χ4n) is 2.82. The topological polar surface area (TPSA) is 95.9 Å². The van der Waals surface area contributed by atoms with Crippen LogP contribution in [-0.2, 0) is 29.0 Å². The van der Waals surface area contributed by atoms with Crippen LogP contribution in [0.4, 0.5) is 0 Å². The van der Waals surface area contributed by atoms with Crippen molar-refractivity contribution in [3.05, 3.63) is 77.6 Å². The van der Waals surface area contributed by atoms with Gasteiger partial charge < -0.3 is 10.5 Å². The van der Waals surface area contributed by atoms with E-state index >= 15 is 0 Å². The molecule has 7 heteroatoms. The predicted octanol–water partition coefficient (Wildman–Crippen LogP) is 2.09. The molecule has 0 saturated carbocycles. The molecule has 140 valence electrons. The molecular weight excluding hydrogens is 342 g/mol. The SMILES string of the molecule is C[C@@H](C(=O)OCc1ccccc1)n1nnnc1C[C@@H](N)Cc1ccccc1. The standard InChI is InChI=1S/C20H23N5O2/c1-15(20(26)27-14-17-10-6-3-7-11-17)25-19(22-23-24-25)13-18(21)12-16-8-4-2-5-9-16/h2-11,15,18H,12-14,21H2,1H3/t15-,18-/m0/s1. The monoisotopic (exact) mass is 365 g/mol. The molecule has 27 heavy (non-hydrogen) atoms. The zero-order valence-electron chi connectivity index (χ0n) is 15.2. The summed E-state index contributed by atoms with van der Waals surface area (Å²) in [6.45, 7) is 1.94. The third-order valence-electron chi connectivity index (χ3n) is 4.28.